The van der Waals surface area contributed by atoms with Gasteiger partial charge in [-0.3, -0.25) is 0 Å². The molecule has 0 saturated carbocycles. The van der Waals surface area contributed by atoms with Crippen LogP contribution in [0.5, 0.6) is 11.5 Å². The Morgan fingerprint density at radius 1 is 1.04 bits per heavy atom. The minimum Gasteiger partial charge on any atom is -0.454 e. The van der Waals surface area contributed by atoms with E-state index in [1.54, 1.807) is 36.5 Å². The van der Waals surface area contributed by atoms with Crippen LogP contribution in [0, 0.1) is 17.1 Å². The zero-order valence-electron chi connectivity index (χ0n) is 13.9. The van der Waals surface area contributed by atoms with Crippen molar-refractivity contribution >= 4 is 5.65 Å². The molecule has 7 heteroatoms. The van der Waals surface area contributed by atoms with E-state index in [1.807, 2.05) is 12.1 Å². The van der Waals surface area contributed by atoms with Crippen molar-refractivity contribution in [3.8, 4) is 40.1 Å². The predicted molar refractivity (Wildman–Crippen MR) is 94.7 cm³/mol. The van der Waals surface area contributed by atoms with E-state index < -0.39 is 5.82 Å². The monoisotopic (exact) mass is 358 g/mol. The second-order valence-corrected chi connectivity index (χ2v) is 5.97. The molecule has 1 aliphatic heterocycles. The maximum absolute atomic E-state index is 14.1. The van der Waals surface area contributed by atoms with Gasteiger partial charge in [0.25, 0.3) is 0 Å². The second kappa shape index (κ2) is 5.81. The summed E-state index contributed by atoms with van der Waals surface area (Å²) >= 11 is 0. The van der Waals surface area contributed by atoms with Crippen LogP contribution < -0.4 is 9.47 Å². The summed E-state index contributed by atoms with van der Waals surface area (Å²) in [6.45, 7) is 0.180. The molecule has 3 heterocycles. The molecule has 0 fully saturated rings. The summed E-state index contributed by atoms with van der Waals surface area (Å²) in [5.74, 6) is 1.11. The molecule has 5 rings (SSSR count). The molecule has 0 amide bonds. The number of fused-ring (bicyclic) bond motifs is 2. The van der Waals surface area contributed by atoms with Crippen molar-refractivity contribution in [2.24, 2.45) is 0 Å². The van der Waals surface area contributed by atoms with E-state index in [9.17, 15) is 9.65 Å². The van der Waals surface area contributed by atoms with Crippen molar-refractivity contribution < 1.29 is 13.9 Å². The molecule has 0 unspecified atom stereocenters. The van der Waals surface area contributed by atoms with Crippen LogP contribution in [0.1, 0.15) is 5.56 Å². The summed E-state index contributed by atoms with van der Waals surface area (Å²) in [4.78, 5) is 4.41. The molecular weight excluding hydrogens is 347 g/mol. The lowest BCUT2D eigenvalue weighted by molar-refractivity contribution is 0.174. The third-order valence-corrected chi connectivity index (χ3v) is 4.42. The van der Waals surface area contributed by atoms with Crippen molar-refractivity contribution in [1.82, 2.24) is 14.6 Å². The molecular formula is C20H11FN4O2. The molecule has 0 aliphatic carbocycles. The van der Waals surface area contributed by atoms with Gasteiger partial charge in [-0.15, -0.1) is 5.10 Å². The Morgan fingerprint density at radius 3 is 2.74 bits per heavy atom. The van der Waals surface area contributed by atoms with Crippen molar-refractivity contribution in [2.45, 2.75) is 0 Å². The van der Waals surface area contributed by atoms with Crippen LogP contribution in [0.2, 0.25) is 0 Å². The fraction of sp³-hybridized carbons (Fsp3) is 0.0500. The molecule has 130 valence electrons. The van der Waals surface area contributed by atoms with Gasteiger partial charge in [0.15, 0.2) is 23.0 Å². The van der Waals surface area contributed by atoms with E-state index >= 15 is 0 Å². The van der Waals surface area contributed by atoms with Crippen LogP contribution in [0.25, 0.3) is 28.2 Å². The standard InChI is InChI=1S/C20H11FN4O2/c21-16-4-2-1-3-14(16)19-23-20-15(10-22)13(7-8-25(20)24-19)12-5-6-17-18(9-12)27-11-26-17/h1-9H,11H2. The molecule has 4 aromatic rings. The van der Waals surface area contributed by atoms with Crippen molar-refractivity contribution in [1.29, 1.82) is 5.26 Å². The minimum absolute atomic E-state index is 0.180. The Kier molecular flexibility index (Phi) is 3.30. The second-order valence-electron chi connectivity index (χ2n) is 5.97. The van der Waals surface area contributed by atoms with Crippen LogP contribution in [-0.2, 0) is 0 Å². The van der Waals surface area contributed by atoms with Gasteiger partial charge in [0.2, 0.25) is 6.79 Å². The molecule has 0 spiro atoms. The highest BCUT2D eigenvalue weighted by Gasteiger charge is 2.19. The van der Waals surface area contributed by atoms with Gasteiger partial charge in [-0.25, -0.2) is 13.9 Å². The largest absolute Gasteiger partial charge is 0.454 e. The SMILES string of the molecule is N#Cc1c(-c2ccc3c(c2)OCO3)ccn2nc(-c3ccccc3F)nc12. The lowest BCUT2D eigenvalue weighted by atomic mass is 10.0. The number of hydrogen-bond acceptors (Lipinski definition) is 5. The highest BCUT2D eigenvalue weighted by atomic mass is 19.1. The summed E-state index contributed by atoms with van der Waals surface area (Å²) in [7, 11) is 0. The fourth-order valence-corrected chi connectivity index (χ4v) is 3.12. The molecule has 0 bridgehead atoms. The minimum atomic E-state index is -0.414. The van der Waals surface area contributed by atoms with Crippen molar-refractivity contribution in [2.75, 3.05) is 6.79 Å². The normalized spacial score (nSPS) is 12.3. The number of halogens is 1. The van der Waals surface area contributed by atoms with Gasteiger partial charge < -0.3 is 9.47 Å². The van der Waals surface area contributed by atoms with Crippen molar-refractivity contribution in [3.63, 3.8) is 0 Å². The Balaban J connectivity index is 1.69. The average molecular weight is 358 g/mol. The highest BCUT2D eigenvalue weighted by Crippen LogP contribution is 2.37. The molecule has 0 atom stereocenters. The maximum atomic E-state index is 14.1. The summed E-state index contributed by atoms with van der Waals surface area (Å²) < 4.78 is 26.3. The number of aromatic nitrogens is 3. The molecule has 2 aromatic heterocycles. The molecule has 2 aromatic carbocycles. The molecule has 0 N–H and O–H groups in total. The highest BCUT2D eigenvalue weighted by molar-refractivity contribution is 5.79. The van der Waals surface area contributed by atoms with Crippen LogP contribution >= 0.6 is 0 Å². The van der Waals surface area contributed by atoms with Crippen LogP contribution in [0.15, 0.2) is 54.7 Å². The Labute approximate surface area is 153 Å². The first-order valence-electron chi connectivity index (χ1n) is 8.19. The van der Waals surface area contributed by atoms with Crippen LogP contribution in [-0.4, -0.2) is 21.4 Å². The van der Waals surface area contributed by atoms with Gasteiger partial charge in [0.05, 0.1) is 5.56 Å². The molecule has 0 radical (unpaired) electrons. The van der Waals surface area contributed by atoms with Gasteiger partial charge in [-0.05, 0) is 35.9 Å². The first kappa shape index (κ1) is 15.3. The zero-order chi connectivity index (χ0) is 18.4. The van der Waals surface area contributed by atoms with Gasteiger partial charge in [-0.2, -0.15) is 5.26 Å². The predicted octanol–water partition coefficient (Wildman–Crippen LogP) is 3.80. The summed E-state index contributed by atoms with van der Waals surface area (Å²) in [6.07, 6.45) is 1.70. The summed E-state index contributed by atoms with van der Waals surface area (Å²) in [5.41, 5.74) is 2.50. The van der Waals surface area contributed by atoms with E-state index in [0.717, 1.165) is 5.56 Å². The quantitative estimate of drug-likeness (QED) is 0.545. The first-order chi connectivity index (χ1) is 13.2. The smallest absolute Gasteiger partial charge is 0.231 e. The van der Waals surface area contributed by atoms with Crippen LogP contribution in [0.3, 0.4) is 0 Å². The summed E-state index contributed by atoms with van der Waals surface area (Å²) in [6, 6.07) is 15.7. The van der Waals surface area contributed by atoms with Gasteiger partial charge >= 0.3 is 0 Å². The van der Waals surface area contributed by atoms with E-state index in [-0.39, 0.29) is 18.2 Å². The third kappa shape index (κ3) is 2.39. The molecule has 0 saturated heterocycles. The lowest BCUT2D eigenvalue weighted by Crippen LogP contribution is -1.94. The van der Waals surface area contributed by atoms with E-state index in [4.69, 9.17) is 9.47 Å². The summed E-state index contributed by atoms with van der Waals surface area (Å²) in [5, 5.41) is 14.1. The Hall–Kier alpha value is -3.92. The molecule has 27 heavy (non-hydrogen) atoms. The van der Waals surface area contributed by atoms with E-state index in [0.29, 0.717) is 28.3 Å². The number of hydrogen-bond donors (Lipinski definition) is 0. The van der Waals surface area contributed by atoms with Gasteiger partial charge in [0.1, 0.15) is 17.4 Å². The number of benzene rings is 2. The van der Waals surface area contributed by atoms with Gasteiger partial charge in [0, 0.05) is 11.8 Å². The molecule has 1 aliphatic rings. The number of nitrogens with zero attached hydrogens (tertiary/aromatic N) is 4. The third-order valence-electron chi connectivity index (χ3n) is 4.42. The Morgan fingerprint density at radius 2 is 1.89 bits per heavy atom. The number of rotatable bonds is 2. The fourth-order valence-electron chi connectivity index (χ4n) is 3.12. The van der Waals surface area contributed by atoms with E-state index in [2.05, 4.69) is 16.2 Å². The number of nitriles is 1. The van der Waals surface area contributed by atoms with Crippen LogP contribution in [0.4, 0.5) is 4.39 Å². The van der Waals surface area contributed by atoms with Crippen molar-refractivity contribution in [3.05, 3.63) is 66.1 Å². The topological polar surface area (TPSA) is 72.4 Å². The lowest BCUT2D eigenvalue weighted by Gasteiger charge is -2.06. The number of ether oxygens (including phenoxy) is 2. The zero-order valence-corrected chi connectivity index (χ0v) is 13.9. The molecule has 6 nitrogen and oxygen atoms in total. The van der Waals surface area contributed by atoms with Gasteiger partial charge in [-0.1, -0.05) is 18.2 Å². The Bertz CT molecular complexity index is 1240. The number of pyridine rings is 1. The maximum Gasteiger partial charge on any atom is 0.231 e. The van der Waals surface area contributed by atoms with E-state index in [1.165, 1.54) is 10.6 Å². The first-order valence-corrected chi connectivity index (χ1v) is 8.19. The average Bonchev–Trinajstić information content (AvgIpc) is 3.33.